The molecule has 1 aliphatic heterocycles. The summed E-state index contributed by atoms with van der Waals surface area (Å²) in [5.41, 5.74) is 4.25. The maximum absolute atomic E-state index is 14.1. The van der Waals surface area contributed by atoms with Crippen molar-refractivity contribution in [1.29, 1.82) is 0 Å². The first-order valence-corrected chi connectivity index (χ1v) is 15.3. The molecule has 0 atom stereocenters. The van der Waals surface area contributed by atoms with Crippen LogP contribution in [0.3, 0.4) is 0 Å². The number of hydrogen-bond acceptors (Lipinski definition) is 7. The second-order valence-electron chi connectivity index (χ2n) is 11.3. The third kappa shape index (κ3) is 5.92. The van der Waals surface area contributed by atoms with Gasteiger partial charge in [-0.3, -0.25) is 4.79 Å². The molecule has 2 fully saturated rings. The fourth-order valence-electron chi connectivity index (χ4n) is 5.96. The van der Waals surface area contributed by atoms with Crippen LogP contribution in [0.1, 0.15) is 55.1 Å². The maximum atomic E-state index is 14.1. The number of carbonyl (C=O) groups is 2. The Hall–Kier alpha value is -3.56. The molecular weight excluding hydrogens is 536 g/mol. The van der Waals surface area contributed by atoms with Crippen molar-refractivity contribution in [3.8, 4) is 21.7 Å². The van der Waals surface area contributed by atoms with Gasteiger partial charge in [-0.15, -0.1) is 11.3 Å². The smallest absolute Gasteiger partial charge is 0.350 e. The number of fused-ring (bicyclic) bond motifs is 1. The second kappa shape index (κ2) is 12.1. The number of esters is 1. The first-order chi connectivity index (χ1) is 20.0. The van der Waals surface area contributed by atoms with Crippen molar-refractivity contribution in [2.45, 2.75) is 45.4 Å². The Morgan fingerprint density at radius 1 is 1.05 bits per heavy atom. The largest absolute Gasteiger partial charge is 0.465 e. The summed E-state index contributed by atoms with van der Waals surface area (Å²) in [6, 6.07) is 14.0. The minimum absolute atomic E-state index is 0.0147. The van der Waals surface area contributed by atoms with E-state index in [1.165, 1.54) is 18.4 Å². The van der Waals surface area contributed by atoms with Crippen LogP contribution in [0.5, 0.6) is 0 Å². The van der Waals surface area contributed by atoms with Crippen molar-refractivity contribution in [3.63, 3.8) is 0 Å². The molecule has 214 valence electrons. The average Bonchev–Trinajstić information content (AvgIpc) is 3.65. The minimum atomic E-state index is -0.410. The van der Waals surface area contributed by atoms with E-state index >= 15 is 0 Å². The van der Waals surface area contributed by atoms with E-state index in [4.69, 9.17) is 9.47 Å². The Morgan fingerprint density at radius 3 is 2.49 bits per heavy atom. The molecule has 41 heavy (non-hydrogen) atoms. The van der Waals surface area contributed by atoms with E-state index in [0.29, 0.717) is 42.2 Å². The number of thiophene rings is 1. The number of methoxy groups -OCH3 is 1. The number of benzene rings is 1. The number of nitrogens with zero attached hydrogens (tertiary/aromatic N) is 4. The summed E-state index contributed by atoms with van der Waals surface area (Å²) in [6.07, 6.45) is 9.38. The molecule has 0 unspecified atom stereocenters. The van der Waals surface area contributed by atoms with Gasteiger partial charge in [0.15, 0.2) is 5.65 Å². The third-order valence-corrected chi connectivity index (χ3v) is 9.64. The zero-order valence-corrected chi connectivity index (χ0v) is 24.4. The molecule has 4 heterocycles. The van der Waals surface area contributed by atoms with Crippen molar-refractivity contribution in [3.05, 3.63) is 59.7 Å². The average molecular weight is 573 g/mol. The summed E-state index contributed by atoms with van der Waals surface area (Å²) in [6.45, 7) is 4.27. The van der Waals surface area contributed by atoms with Crippen molar-refractivity contribution in [2.75, 3.05) is 31.8 Å². The first-order valence-electron chi connectivity index (χ1n) is 14.5. The van der Waals surface area contributed by atoms with Gasteiger partial charge < -0.3 is 14.4 Å². The molecule has 0 N–H and O–H groups in total. The van der Waals surface area contributed by atoms with Gasteiger partial charge in [0.1, 0.15) is 4.88 Å². The van der Waals surface area contributed by atoms with Crippen LogP contribution in [-0.2, 0) is 14.3 Å². The van der Waals surface area contributed by atoms with E-state index in [1.54, 1.807) is 10.7 Å². The lowest BCUT2D eigenvalue weighted by Gasteiger charge is -2.34. The Balaban J connectivity index is 1.33. The highest BCUT2D eigenvalue weighted by atomic mass is 32.1. The van der Waals surface area contributed by atoms with Crippen molar-refractivity contribution >= 4 is 34.5 Å². The standard InChI is InChI=1S/C32H36N4O4S/c1-21-4-6-25(7-5-21)31(37)35(20-22-12-16-40-17-13-22)27-19-28(41-30(27)32(38)39-2)24-10-8-23(9-11-24)26-18-29-33-14-3-15-36(29)34-26/h3,8-11,14-15,18-19,21-22,25H,4-7,12-13,16-17,20H2,1-2H3/t21-,25-. The topological polar surface area (TPSA) is 86.0 Å². The highest BCUT2D eigenvalue weighted by molar-refractivity contribution is 7.18. The van der Waals surface area contributed by atoms with Crippen molar-refractivity contribution < 1.29 is 19.1 Å². The molecule has 1 aliphatic carbocycles. The van der Waals surface area contributed by atoms with Crippen LogP contribution < -0.4 is 4.90 Å². The molecule has 8 nitrogen and oxygen atoms in total. The number of rotatable bonds is 7. The van der Waals surface area contributed by atoms with Crippen LogP contribution in [0.2, 0.25) is 0 Å². The van der Waals surface area contributed by atoms with E-state index in [1.807, 2.05) is 53.6 Å². The molecule has 6 rings (SSSR count). The van der Waals surface area contributed by atoms with Crippen LogP contribution in [0.15, 0.2) is 54.9 Å². The van der Waals surface area contributed by atoms with E-state index in [-0.39, 0.29) is 11.8 Å². The molecule has 9 heteroatoms. The molecule has 1 saturated heterocycles. The Morgan fingerprint density at radius 2 is 1.78 bits per heavy atom. The van der Waals surface area contributed by atoms with Gasteiger partial charge in [-0.1, -0.05) is 31.2 Å². The summed E-state index contributed by atoms with van der Waals surface area (Å²) >= 11 is 1.38. The van der Waals surface area contributed by atoms with Crippen LogP contribution in [0.4, 0.5) is 5.69 Å². The number of anilines is 1. The van der Waals surface area contributed by atoms with Crippen LogP contribution in [-0.4, -0.2) is 53.3 Å². The fraction of sp³-hybridized carbons (Fsp3) is 0.438. The summed E-state index contributed by atoms with van der Waals surface area (Å²) in [5.74, 6) is 0.698. The predicted molar refractivity (Wildman–Crippen MR) is 160 cm³/mol. The number of aromatic nitrogens is 3. The summed E-state index contributed by atoms with van der Waals surface area (Å²) in [7, 11) is 1.40. The molecule has 0 spiro atoms. The van der Waals surface area contributed by atoms with Gasteiger partial charge in [0.2, 0.25) is 5.91 Å². The first kappa shape index (κ1) is 27.6. The number of hydrogen-bond donors (Lipinski definition) is 0. The van der Waals surface area contributed by atoms with Crippen LogP contribution >= 0.6 is 11.3 Å². The van der Waals surface area contributed by atoms with Gasteiger partial charge in [0, 0.05) is 54.6 Å². The van der Waals surface area contributed by atoms with E-state index < -0.39 is 5.97 Å². The monoisotopic (exact) mass is 572 g/mol. The van der Waals surface area contributed by atoms with Crippen LogP contribution in [0, 0.1) is 17.8 Å². The molecule has 0 bridgehead atoms. The summed E-state index contributed by atoms with van der Waals surface area (Å²) in [5, 5.41) is 4.63. The lowest BCUT2D eigenvalue weighted by Crippen LogP contribution is -2.42. The van der Waals surface area contributed by atoms with E-state index in [9.17, 15) is 9.59 Å². The van der Waals surface area contributed by atoms with E-state index in [0.717, 1.165) is 65.9 Å². The third-order valence-electron chi connectivity index (χ3n) is 8.49. The highest BCUT2D eigenvalue weighted by Gasteiger charge is 2.34. The zero-order valence-electron chi connectivity index (χ0n) is 23.6. The van der Waals surface area contributed by atoms with Gasteiger partial charge >= 0.3 is 5.97 Å². The lowest BCUT2D eigenvalue weighted by molar-refractivity contribution is -0.123. The minimum Gasteiger partial charge on any atom is -0.465 e. The fourth-order valence-corrected chi connectivity index (χ4v) is 7.05. The molecule has 3 aromatic heterocycles. The van der Waals surface area contributed by atoms with Crippen molar-refractivity contribution in [2.24, 2.45) is 17.8 Å². The normalized spacial score (nSPS) is 19.8. The molecular formula is C32H36N4O4S. The zero-order chi connectivity index (χ0) is 28.3. The maximum Gasteiger partial charge on any atom is 0.350 e. The highest BCUT2D eigenvalue weighted by Crippen LogP contribution is 2.40. The molecule has 4 aromatic rings. The lowest BCUT2D eigenvalue weighted by atomic mass is 9.82. The van der Waals surface area contributed by atoms with Gasteiger partial charge in [0.05, 0.1) is 18.5 Å². The van der Waals surface area contributed by atoms with Gasteiger partial charge in [-0.05, 0) is 68.1 Å². The van der Waals surface area contributed by atoms with Crippen molar-refractivity contribution in [1.82, 2.24) is 14.6 Å². The SMILES string of the molecule is COC(=O)c1sc(-c2ccc(-c3cc4ncccn4n3)cc2)cc1N(CC1CCOCC1)C(=O)[C@H]1CC[C@H](C)CC1. The number of ether oxygens (including phenoxy) is 2. The van der Waals surface area contributed by atoms with E-state index in [2.05, 4.69) is 17.0 Å². The Labute approximate surface area is 244 Å². The molecule has 1 amide bonds. The quantitative estimate of drug-likeness (QED) is 0.235. The molecule has 0 radical (unpaired) electrons. The molecule has 1 aromatic carbocycles. The number of amides is 1. The van der Waals surface area contributed by atoms with Gasteiger partial charge in [-0.2, -0.15) is 5.10 Å². The van der Waals surface area contributed by atoms with Gasteiger partial charge in [-0.25, -0.2) is 14.3 Å². The Bertz CT molecular complexity index is 1480. The molecule has 2 aliphatic rings. The number of carbonyl (C=O) groups excluding carboxylic acids is 2. The summed E-state index contributed by atoms with van der Waals surface area (Å²) in [4.78, 5) is 34.8. The van der Waals surface area contributed by atoms with Gasteiger partial charge in [0.25, 0.3) is 0 Å². The second-order valence-corrected chi connectivity index (χ2v) is 12.4. The predicted octanol–water partition coefficient (Wildman–Crippen LogP) is 6.50. The Kier molecular flexibility index (Phi) is 8.16. The summed E-state index contributed by atoms with van der Waals surface area (Å²) < 4.78 is 12.6. The molecule has 1 saturated carbocycles. The van der Waals surface area contributed by atoms with Crippen LogP contribution in [0.25, 0.3) is 27.3 Å².